The molecular formula is C16H13ClN2O. The number of imidazole rings is 1. The van der Waals surface area contributed by atoms with Crippen molar-refractivity contribution in [2.45, 2.75) is 6.10 Å². The molecule has 0 fully saturated rings. The third kappa shape index (κ3) is 2.59. The van der Waals surface area contributed by atoms with Crippen molar-refractivity contribution in [1.29, 1.82) is 0 Å². The van der Waals surface area contributed by atoms with E-state index in [0.29, 0.717) is 5.02 Å². The lowest BCUT2D eigenvalue weighted by atomic mass is 10.0. The Balaban J connectivity index is 1.85. The van der Waals surface area contributed by atoms with Crippen molar-refractivity contribution in [2.75, 3.05) is 0 Å². The number of aliphatic hydroxyl groups is 1. The molecule has 0 saturated carbocycles. The SMILES string of the molecule is O[C@H](c1ccc(Cl)cc1)c1ccc(-n2ccnc2)cc1. The second kappa shape index (κ2) is 5.49. The zero-order valence-electron chi connectivity index (χ0n) is 10.6. The van der Waals surface area contributed by atoms with Crippen molar-refractivity contribution in [2.24, 2.45) is 0 Å². The van der Waals surface area contributed by atoms with Gasteiger partial charge >= 0.3 is 0 Å². The zero-order valence-corrected chi connectivity index (χ0v) is 11.4. The molecule has 0 aliphatic heterocycles. The van der Waals surface area contributed by atoms with E-state index in [0.717, 1.165) is 16.8 Å². The lowest BCUT2D eigenvalue weighted by molar-refractivity contribution is 0.220. The summed E-state index contributed by atoms with van der Waals surface area (Å²) < 4.78 is 1.92. The Kier molecular flexibility index (Phi) is 3.54. The molecule has 0 amide bonds. The van der Waals surface area contributed by atoms with Crippen molar-refractivity contribution >= 4 is 11.6 Å². The van der Waals surface area contributed by atoms with Crippen molar-refractivity contribution in [1.82, 2.24) is 9.55 Å². The quantitative estimate of drug-likeness (QED) is 0.798. The summed E-state index contributed by atoms with van der Waals surface area (Å²) >= 11 is 5.85. The van der Waals surface area contributed by atoms with Gasteiger partial charge in [-0.25, -0.2) is 4.98 Å². The van der Waals surface area contributed by atoms with Crippen molar-refractivity contribution in [3.05, 3.63) is 83.4 Å². The van der Waals surface area contributed by atoms with Crippen LogP contribution < -0.4 is 0 Å². The lowest BCUT2D eigenvalue weighted by Gasteiger charge is -2.12. The van der Waals surface area contributed by atoms with Crippen LogP contribution in [-0.2, 0) is 0 Å². The molecule has 2 aromatic carbocycles. The number of benzene rings is 2. The molecule has 4 heteroatoms. The summed E-state index contributed by atoms with van der Waals surface area (Å²) in [7, 11) is 0. The molecule has 3 nitrogen and oxygen atoms in total. The summed E-state index contributed by atoms with van der Waals surface area (Å²) in [5.74, 6) is 0. The number of aliphatic hydroxyl groups excluding tert-OH is 1. The predicted octanol–water partition coefficient (Wildman–Crippen LogP) is 3.61. The normalized spacial score (nSPS) is 12.3. The Bertz CT molecular complexity index is 676. The van der Waals surface area contributed by atoms with Gasteiger partial charge in [-0.1, -0.05) is 35.9 Å². The molecule has 0 spiro atoms. The van der Waals surface area contributed by atoms with Gasteiger partial charge in [0.15, 0.2) is 0 Å². The fraction of sp³-hybridized carbons (Fsp3) is 0.0625. The summed E-state index contributed by atoms with van der Waals surface area (Å²) in [5, 5.41) is 11.0. The molecule has 0 saturated heterocycles. The van der Waals surface area contributed by atoms with Crippen LogP contribution in [0.5, 0.6) is 0 Å². The molecule has 3 aromatic rings. The fourth-order valence-electron chi connectivity index (χ4n) is 2.08. The monoisotopic (exact) mass is 284 g/mol. The van der Waals surface area contributed by atoms with E-state index in [1.54, 1.807) is 24.7 Å². The molecule has 0 aliphatic rings. The Morgan fingerprint density at radius 2 is 1.55 bits per heavy atom. The molecule has 0 bridgehead atoms. The molecule has 3 rings (SSSR count). The molecule has 20 heavy (non-hydrogen) atoms. The van der Waals surface area contributed by atoms with E-state index in [1.807, 2.05) is 47.2 Å². The highest BCUT2D eigenvalue weighted by molar-refractivity contribution is 6.30. The number of nitrogens with zero attached hydrogens (tertiary/aromatic N) is 2. The number of hydrogen-bond donors (Lipinski definition) is 1. The summed E-state index contributed by atoms with van der Waals surface area (Å²) in [6.45, 7) is 0. The number of hydrogen-bond acceptors (Lipinski definition) is 2. The van der Waals surface area contributed by atoms with Crippen molar-refractivity contribution in [3.8, 4) is 5.69 Å². The van der Waals surface area contributed by atoms with Crippen LogP contribution in [0.25, 0.3) is 5.69 Å². The highest BCUT2D eigenvalue weighted by atomic mass is 35.5. The summed E-state index contributed by atoms with van der Waals surface area (Å²) in [6.07, 6.45) is 4.70. The van der Waals surface area contributed by atoms with Crippen molar-refractivity contribution in [3.63, 3.8) is 0 Å². The number of aromatic nitrogens is 2. The zero-order chi connectivity index (χ0) is 13.9. The highest BCUT2D eigenvalue weighted by Crippen LogP contribution is 2.24. The van der Waals surface area contributed by atoms with E-state index in [9.17, 15) is 5.11 Å². The third-order valence-electron chi connectivity index (χ3n) is 3.20. The van der Waals surface area contributed by atoms with Gasteiger partial charge < -0.3 is 9.67 Å². The fourth-order valence-corrected chi connectivity index (χ4v) is 2.20. The second-order valence-corrected chi connectivity index (χ2v) is 4.95. The first-order valence-electron chi connectivity index (χ1n) is 6.26. The van der Waals surface area contributed by atoms with Gasteiger partial charge in [-0.15, -0.1) is 0 Å². The van der Waals surface area contributed by atoms with Crippen LogP contribution in [0.2, 0.25) is 5.02 Å². The average molecular weight is 285 g/mol. The maximum absolute atomic E-state index is 10.3. The minimum Gasteiger partial charge on any atom is -0.384 e. The molecule has 0 radical (unpaired) electrons. The van der Waals surface area contributed by atoms with Crippen LogP contribution >= 0.6 is 11.6 Å². The third-order valence-corrected chi connectivity index (χ3v) is 3.45. The largest absolute Gasteiger partial charge is 0.384 e. The van der Waals surface area contributed by atoms with Crippen molar-refractivity contribution < 1.29 is 5.11 Å². The minimum atomic E-state index is -0.649. The van der Waals surface area contributed by atoms with Crippen LogP contribution in [-0.4, -0.2) is 14.7 Å². The summed E-state index contributed by atoms with van der Waals surface area (Å²) in [4.78, 5) is 4.01. The Labute approximate surface area is 122 Å². The summed E-state index contributed by atoms with van der Waals surface area (Å²) in [5.41, 5.74) is 2.68. The standard InChI is InChI=1S/C16H13ClN2O/c17-14-5-1-12(2-6-14)16(20)13-3-7-15(8-4-13)19-10-9-18-11-19/h1-11,16,20H/t16-/m1/s1. The molecule has 1 heterocycles. The lowest BCUT2D eigenvalue weighted by Crippen LogP contribution is -2.00. The minimum absolute atomic E-state index is 0.649. The van der Waals surface area contributed by atoms with Gasteiger partial charge in [0.25, 0.3) is 0 Å². The Morgan fingerprint density at radius 3 is 2.10 bits per heavy atom. The number of rotatable bonds is 3. The Hall–Kier alpha value is -2.10. The average Bonchev–Trinajstić information content (AvgIpc) is 3.02. The van der Waals surface area contributed by atoms with Gasteiger partial charge in [-0.05, 0) is 35.4 Å². The molecule has 0 unspecified atom stereocenters. The van der Waals surface area contributed by atoms with Gasteiger partial charge in [0.2, 0.25) is 0 Å². The predicted molar refractivity (Wildman–Crippen MR) is 79.1 cm³/mol. The highest BCUT2D eigenvalue weighted by Gasteiger charge is 2.10. The van der Waals surface area contributed by atoms with Crippen LogP contribution in [0.1, 0.15) is 17.2 Å². The topological polar surface area (TPSA) is 38.0 Å². The van der Waals surface area contributed by atoms with Crippen LogP contribution in [0.15, 0.2) is 67.3 Å². The maximum Gasteiger partial charge on any atom is 0.104 e. The number of halogens is 1. The van der Waals surface area contributed by atoms with Gasteiger partial charge in [0.05, 0.1) is 6.33 Å². The molecule has 1 aromatic heterocycles. The van der Waals surface area contributed by atoms with Gasteiger partial charge in [0.1, 0.15) is 6.10 Å². The Morgan fingerprint density at radius 1 is 0.950 bits per heavy atom. The van der Waals surface area contributed by atoms with E-state index in [1.165, 1.54) is 0 Å². The van der Waals surface area contributed by atoms with E-state index in [-0.39, 0.29) is 0 Å². The van der Waals surface area contributed by atoms with Gasteiger partial charge in [-0.2, -0.15) is 0 Å². The van der Waals surface area contributed by atoms with Crippen LogP contribution in [0.4, 0.5) is 0 Å². The molecule has 0 aliphatic carbocycles. The first-order chi connectivity index (χ1) is 9.74. The molecular weight excluding hydrogens is 272 g/mol. The first-order valence-corrected chi connectivity index (χ1v) is 6.63. The van der Waals surface area contributed by atoms with E-state index in [4.69, 9.17) is 11.6 Å². The maximum atomic E-state index is 10.3. The second-order valence-electron chi connectivity index (χ2n) is 4.52. The smallest absolute Gasteiger partial charge is 0.104 e. The van der Waals surface area contributed by atoms with Gasteiger partial charge in [0, 0.05) is 23.1 Å². The van der Waals surface area contributed by atoms with E-state index in [2.05, 4.69) is 4.98 Å². The molecule has 100 valence electrons. The van der Waals surface area contributed by atoms with E-state index >= 15 is 0 Å². The molecule has 1 atom stereocenters. The van der Waals surface area contributed by atoms with Gasteiger partial charge in [-0.3, -0.25) is 0 Å². The van der Waals surface area contributed by atoms with Crippen LogP contribution in [0.3, 0.4) is 0 Å². The molecule has 1 N–H and O–H groups in total. The van der Waals surface area contributed by atoms with Crippen LogP contribution in [0, 0.1) is 0 Å². The first kappa shape index (κ1) is 12.9. The van der Waals surface area contributed by atoms with E-state index < -0.39 is 6.10 Å². The summed E-state index contributed by atoms with van der Waals surface area (Å²) in [6, 6.07) is 14.9.